The predicted molar refractivity (Wildman–Crippen MR) is 139 cm³/mol. The lowest BCUT2D eigenvalue weighted by atomic mass is 9.95. The summed E-state index contributed by atoms with van der Waals surface area (Å²) in [5, 5.41) is 7.27. The highest BCUT2D eigenvalue weighted by molar-refractivity contribution is 14.0. The van der Waals surface area contributed by atoms with E-state index in [2.05, 4.69) is 57.8 Å². The zero-order valence-corrected chi connectivity index (χ0v) is 21.7. The Hall–Kier alpha value is -1.35. The average molecular weight is 542 g/mol. The highest BCUT2D eigenvalue weighted by Crippen LogP contribution is 2.21. The number of nitrogens with one attached hydrogen (secondary N) is 2. The van der Waals surface area contributed by atoms with Crippen LogP contribution in [0.3, 0.4) is 0 Å². The van der Waals surface area contributed by atoms with Crippen molar-refractivity contribution in [2.75, 3.05) is 27.2 Å². The van der Waals surface area contributed by atoms with E-state index in [4.69, 9.17) is 0 Å². The highest BCUT2D eigenvalue weighted by atomic mass is 127. The summed E-state index contributed by atoms with van der Waals surface area (Å²) in [5.74, 6) is 0.844. The van der Waals surface area contributed by atoms with Gasteiger partial charge in [0.15, 0.2) is 5.96 Å². The lowest BCUT2D eigenvalue weighted by Gasteiger charge is -2.39. The molecule has 0 spiro atoms. The van der Waals surface area contributed by atoms with Crippen LogP contribution in [0.1, 0.15) is 57.4 Å². The van der Waals surface area contributed by atoms with Crippen molar-refractivity contribution in [1.82, 2.24) is 20.4 Å². The van der Waals surface area contributed by atoms with Crippen molar-refractivity contribution >= 4 is 35.8 Å². The lowest BCUT2D eigenvalue weighted by Crippen LogP contribution is -2.53. The number of likely N-dealkylation sites (tertiary alicyclic amines) is 1. The average Bonchev–Trinajstić information content (AvgIpc) is 2.75. The molecule has 6 nitrogen and oxygen atoms in total. The Morgan fingerprint density at radius 3 is 2.39 bits per heavy atom. The van der Waals surface area contributed by atoms with Crippen LogP contribution in [0.4, 0.5) is 0 Å². The maximum atomic E-state index is 12.1. The molecule has 2 aliphatic rings. The first-order valence-electron chi connectivity index (χ1n) is 11.6. The Morgan fingerprint density at radius 1 is 1.06 bits per heavy atom. The molecule has 174 valence electrons. The molecule has 1 aromatic rings. The molecule has 1 aromatic carbocycles. The van der Waals surface area contributed by atoms with Gasteiger partial charge in [-0.1, -0.05) is 49.6 Å². The van der Waals surface area contributed by atoms with Crippen LogP contribution in [-0.4, -0.2) is 67.0 Å². The zero-order chi connectivity index (χ0) is 21.3. The molecule has 0 radical (unpaired) electrons. The summed E-state index contributed by atoms with van der Waals surface area (Å²) in [6, 6.07) is 12.1. The van der Waals surface area contributed by atoms with E-state index in [-0.39, 0.29) is 36.4 Å². The standard InChI is InChI=1S/C24H39N5O.HI/c1-19-16-22(14-15-29(19)18-20-10-6-4-7-11-20)27-24(25-17-23(30)28(2)3)26-21-12-8-5-9-13-21;/h4,6-7,10-11,19,21-22H,5,8-9,12-18H2,1-3H3,(H2,25,26,27);1H. The van der Waals surface area contributed by atoms with E-state index in [1.165, 1.54) is 37.7 Å². The summed E-state index contributed by atoms with van der Waals surface area (Å²) in [6.45, 7) is 4.59. The molecule has 1 saturated heterocycles. The van der Waals surface area contributed by atoms with Gasteiger partial charge in [0.2, 0.25) is 5.91 Å². The molecule has 2 unspecified atom stereocenters. The van der Waals surface area contributed by atoms with Gasteiger partial charge in [-0.3, -0.25) is 9.69 Å². The SMILES string of the molecule is CC1CC(NC(=NCC(=O)N(C)C)NC2CCCCC2)CCN1Cc1ccccc1.I. The molecule has 2 atom stereocenters. The molecule has 7 heteroatoms. The second-order valence-electron chi connectivity index (χ2n) is 9.10. The van der Waals surface area contributed by atoms with Crippen molar-refractivity contribution in [3.63, 3.8) is 0 Å². The first kappa shape index (κ1) is 25.9. The van der Waals surface area contributed by atoms with Gasteiger partial charge in [-0.2, -0.15) is 0 Å². The molecule has 31 heavy (non-hydrogen) atoms. The summed E-state index contributed by atoms with van der Waals surface area (Å²) in [4.78, 5) is 20.9. The van der Waals surface area contributed by atoms with Crippen LogP contribution >= 0.6 is 24.0 Å². The number of rotatable bonds is 6. The van der Waals surface area contributed by atoms with Crippen LogP contribution in [-0.2, 0) is 11.3 Å². The van der Waals surface area contributed by atoms with Crippen LogP contribution < -0.4 is 10.6 Å². The molecule has 1 aliphatic carbocycles. The molecule has 0 aromatic heterocycles. The second-order valence-corrected chi connectivity index (χ2v) is 9.10. The van der Waals surface area contributed by atoms with Crippen molar-refractivity contribution < 1.29 is 4.79 Å². The summed E-state index contributed by atoms with van der Waals surface area (Å²) in [5.41, 5.74) is 1.37. The quantitative estimate of drug-likeness (QED) is 0.328. The number of carbonyl (C=O) groups is 1. The Morgan fingerprint density at radius 2 is 1.74 bits per heavy atom. The van der Waals surface area contributed by atoms with Gasteiger partial charge in [-0.15, -0.1) is 24.0 Å². The van der Waals surface area contributed by atoms with Crippen molar-refractivity contribution in [2.45, 2.75) is 76.5 Å². The maximum absolute atomic E-state index is 12.1. The third kappa shape index (κ3) is 8.60. The Labute approximate surface area is 205 Å². The number of amides is 1. The van der Waals surface area contributed by atoms with Crippen molar-refractivity contribution in [1.29, 1.82) is 0 Å². The summed E-state index contributed by atoms with van der Waals surface area (Å²) >= 11 is 0. The first-order chi connectivity index (χ1) is 14.5. The molecule has 3 rings (SSSR count). The number of aliphatic imine (C=N–C) groups is 1. The number of halogens is 1. The van der Waals surface area contributed by atoms with Crippen LogP contribution in [0, 0.1) is 0 Å². The lowest BCUT2D eigenvalue weighted by molar-refractivity contribution is -0.127. The largest absolute Gasteiger partial charge is 0.354 e. The molecule has 2 fully saturated rings. The summed E-state index contributed by atoms with van der Waals surface area (Å²) in [7, 11) is 3.56. The van der Waals surface area contributed by atoms with Crippen molar-refractivity contribution in [3.05, 3.63) is 35.9 Å². The number of piperidine rings is 1. The number of hydrogen-bond acceptors (Lipinski definition) is 3. The minimum absolute atomic E-state index is 0. The molecule has 1 heterocycles. The molecule has 0 bridgehead atoms. The van der Waals surface area contributed by atoms with Crippen molar-refractivity contribution in [2.24, 2.45) is 4.99 Å². The Kier molecular flexibility index (Phi) is 11.1. The minimum Gasteiger partial charge on any atom is -0.354 e. The van der Waals surface area contributed by atoms with Gasteiger partial charge in [-0.25, -0.2) is 4.99 Å². The van der Waals surface area contributed by atoms with E-state index < -0.39 is 0 Å². The number of hydrogen-bond donors (Lipinski definition) is 2. The summed E-state index contributed by atoms with van der Waals surface area (Å²) in [6.07, 6.45) is 8.42. The van der Waals surface area contributed by atoms with Crippen LogP contribution in [0.25, 0.3) is 0 Å². The van der Waals surface area contributed by atoms with Crippen LogP contribution in [0.5, 0.6) is 0 Å². The number of nitrogens with zero attached hydrogens (tertiary/aromatic N) is 3. The van der Waals surface area contributed by atoms with E-state index in [0.717, 1.165) is 31.9 Å². The molecular formula is C24H40IN5O. The van der Waals surface area contributed by atoms with Gasteiger partial charge in [-0.05, 0) is 38.2 Å². The van der Waals surface area contributed by atoms with E-state index in [1.54, 1.807) is 19.0 Å². The third-order valence-electron chi connectivity index (χ3n) is 6.40. The van der Waals surface area contributed by atoms with E-state index >= 15 is 0 Å². The van der Waals surface area contributed by atoms with Gasteiger partial charge >= 0.3 is 0 Å². The second kappa shape index (κ2) is 13.3. The molecule has 1 aliphatic heterocycles. The van der Waals surface area contributed by atoms with Gasteiger partial charge < -0.3 is 15.5 Å². The van der Waals surface area contributed by atoms with Gasteiger partial charge in [0, 0.05) is 45.3 Å². The van der Waals surface area contributed by atoms with E-state index in [9.17, 15) is 4.79 Å². The zero-order valence-electron chi connectivity index (χ0n) is 19.3. The number of benzene rings is 1. The highest BCUT2D eigenvalue weighted by Gasteiger charge is 2.26. The van der Waals surface area contributed by atoms with Crippen LogP contribution in [0.15, 0.2) is 35.3 Å². The smallest absolute Gasteiger partial charge is 0.243 e. The molecular weight excluding hydrogens is 501 g/mol. The number of guanidine groups is 1. The molecule has 2 N–H and O–H groups in total. The third-order valence-corrected chi connectivity index (χ3v) is 6.40. The monoisotopic (exact) mass is 541 g/mol. The number of carbonyl (C=O) groups excluding carboxylic acids is 1. The first-order valence-corrected chi connectivity index (χ1v) is 11.6. The number of likely N-dealkylation sites (N-methyl/N-ethyl adjacent to an activating group) is 1. The summed E-state index contributed by atoms with van der Waals surface area (Å²) < 4.78 is 0. The topological polar surface area (TPSA) is 60.0 Å². The normalized spacial score (nSPS) is 23.0. The fraction of sp³-hybridized carbons (Fsp3) is 0.667. The predicted octanol–water partition coefficient (Wildman–Crippen LogP) is 3.61. The van der Waals surface area contributed by atoms with Gasteiger partial charge in [0.1, 0.15) is 6.54 Å². The molecule has 1 amide bonds. The fourth-order valence-electron chi connectivity index (χ4n) is 4.46. The van der Waals surface area contributed by atoms with E-state index in [1.807, 2.05) is 0 Å². The van der Waals surface area contributed by atoms with Crippen molar-refractivity contribution in [3.8, 4) is 0 Å². The minimum atomic E-state index is 0. The maximum Gasteiger partial charge on any atom is 0.243 e. The van der Waals surface area contributed by atoms with E-state index in [0.29, 0.717) is 18.1 Å². The van der Waals surface area contributed by atoms with Crippen LogP contribution in [0.2, 0.25) is 0 Å². The Balaban J connectivity index is 0.00000341. The molecule has 1 saturated carbocycles. The van der Waals surface area contributed by atoms with Gasteiger partial charge in [0.25, 0.3) is 0 Å². The Bertz CT molecular complexity index is 690. The van der Waals surface area contributed by atoms with Gasteiger partial charge in [0.05, 0.1) is 0 Å². The fourth-order valence-corrected chi connectivity index (χ4v) is 4.46.